The van der Waals surface area contributed by atoms with Crippen LogP contribution in [0.4, 0.5) is 0 Å². The summed E-state index contributed by atoms with van der Waals surface area (Å²) in [6.45, 7) is 2.76. The van der Waals surface area contributed by atoms with Gasteiger partial charge in [-0.25, -0.2) is 0 Å². The van der Waals surface area contributed by atoms with Gasteiger partial charge >= 0.3 is 0 Å². The maximum Gasteiger partial charge on any atom is 0.0205 e. The molecule has 1 heterocycles. The molecule has 0 saturated carbocycles. The Labute approximate surface area is 54.5 Å². The number of rotatable bonds is 1. The van der Waals surface area contributed by atoms with Crippen LogP contribution in [0.2, 0.25) is 0 Å². The molecule has 0 aromatic carbocycles. The standard InChI is InChI=1S/C6H15NSi/c8-6-7-4-2-1-3-5-7/h1-6H2,8H3. The molecule has 1 rings (SSSR count). The van der Waals surface area contributed by atoms with E-state index >= 15 is 0 Å². The van der Waals surface area contributed by atoms with Gasteiger partial charge in [-0.1, -0.05) is 6.42 Å². The Kier molecular flexibility index (Phi) is 2.56. The Morgan fingerprint density at radius 2 is 1.75 bits per heavy atom. The quantitative estimate of drug-likeness (QED) is 0.443. The summed E-state index contributed by atoms with van der Waals surface area (Å²) in [4.78, 5) is 2.58. The van der Waals surface area contributed by atoms with Crippen LogP contribution in [0.3, 0.4) is 0 Å². The van der Waals surface area contributed by atoms with E-state index in [-0.39, 0.29) is 0 Å². The molecule has 48 valence electrons. The third-order valence-electron chi connectivity index (χ3n) is 1.90. The molecule has 0 spiro atoms. The first kappa shape index (κ1) is 6.30. The second-order valence-corrected chi connectivity index (χ2v) is 3.13. The molecule has 1 fully saturated rings. The highest BCUT2D eigenvalue weighted by Crippen LogP contribution is 2.06. The molecule has 1 aliphatic heterocycles. The molecule has 0 radical (unpaired) electrons. The Morgan fingerprint density at radius 1 is 1.12 bits per heavy atom. The Hall–Kier alpha value is 0.177. The number of likely N-dealkylation sites (tertiary alicyclic amines) is 1. The maximum atomic E-state index is 2.58. The van der Waals surface area contributed by atoms with E-state index in [0.29, 0.717) is 0 Å². The number of nitrogens with zero attached hydrogens (tertiary/aromatic N) is 1. The van der Waals surface area contributed by atoms with Gasteiger partial charge in [0.15, 0.2) is 0 Å². The van der Waals surface area contributed by atoms with Gasteiger partial charge in [-0.3, -0.25) is 0 Å². The average molecular weight is 129 g/mol. The van der Waals surface area contributed by atoms with E-state index in [2.05, 4.69) is 4.90 Å². The molecule has 0 bridgehead atoms. The largest absolute Gasteiger partial charge is 0.307 e. The van der Waals surface area contributed by atoms with Crippen molar-refractivity contribution >= 4 is 10.2 Å². The van der Waals surface area contributed by atoms with Crippen molar-refractivity contribution in [3.63, 3.8) is 0 Å². The molecule has 0 N–H and O–H groups in total. The Bertz CT molecular complexity index is 59.5. The van der Waals surface area contributed by atoms with Gasteiger partial charge in [0, 0.05) is 10.2 Å². The summed E-state index contributed by atoms with van der Waals surface area (Å²) in [5.41, 5.74) is 0. The van der Waals surface area contributed by atoms with Crippen LogP contribution in [0.15, 0.2) is 0 Å². The topological polar surface area (TPSA) is 3.24 Å². The van der Waals surface area contributed by atoms with E-state index < -0.39 is 0 Å². The van der Waals surface area contributed by atoms with Crippen LogP contribution in [-0.2, 0) is 0 Å². The van der Waals surface area contributed by atoms with Crippen molar-refractivity contribution in [1.29, 1.82) is 0 Å². The van der Waals surface area contributed by atoms with Crippen molar-refractivity contribution in [2.45, 2.75) is 19.3 Å². The number of hydrogen-bond acceptors (Lipinski definition) is 1. The molecule has 2 heteroatoms. The number of hydrogen-bond donors (Lipinski definition) is 0. The van der Waals surface area contributed by atoms with Crippen molar-refractivity contribution in [3.05, 3.63) is 0 Å². The molecule has 0 aromatic rings. The van der Waals surface area contributed by atoms with Gasteiger partial charge in [-0.05, 0) is 32.1 Å². The SMILES string of the molecule is [SiH3]CN1CCCCC1. The highest BCUT2D eigenvalue weighted by Gasteiger charge is 2.05. The lowest BCUT2D eigenvalue weighted by Crippen LogP contribution is -2.30. The fourth-order valence-electron chi connectivity index (χ4n) is 1.28. The molecule has 0 amide bonds. The van der Waals surface area contributed by atoms with Crippen LogP contribution < -0.4 is 0 Å². The van der Waals surface area contributed by atoms with E-state index in [4.69, 9.17) is 0 Å². The number of piperidine rings is 1. The van der Waals surface area contributed by atoms with Crippen LogP contribution in [0.1, 0.15) is 19.3 Å². The minimum atomic E-state index is 1.36. The van der Waals surface area contributed by atoms with Gasteiger partial charge < -0.3 is 4.90 Å². The summed E-state index contributed by atoms with van der Waals surface area (Å²) in [7, 11) is 1.36. The van der Waals surface area contributed by atoms with Crippen LogP contribution in [0.5, 0.6) is 0 Å². The fourth-order valence-corrected chi connectivity index (χ4v) is 1.91. The summed E-state index contributed by atoms with van der Waals surface area (Å²) in [5.74, 6) is 0. The third-order valence-corrected chi connectivity index (χ3v) is 2.79. The van der Waals surface area contributed by atoms with Crippen molar-refractivity contribution in [3.8, 4) is 0 Å². The summed E-state index contributed by atoms with van der Waals surface area (Å²) in [6, 6.07) is 0. The zero-order chi connectivity index (χ0) is 5.82. The second kappa shape index (κ2) is 3.25. The molecule has 0 atom stereocenters. The second-order valence-electron chi connectivity index (χ2n) is 2.49. The minimum absolute atomic E-state index is 1.36. The van der Waals surface area contributed by atoms with Crippen LogP contribution >= 0.6 is 0 Å². The van der Waals surface area contributed by atoms with Gasteiger partial charge in [0.25, 0.3) is 0 Å². The van der Waals surface area contributed by atoms with E-state index in [1.54, 1.807) is 0 Å². The molecule has 0 aromatic heterocycles. The van der Waals surface area contributed by atoms with E-state index in [1.165, 1.54) is 48.8 Å². The predicted molar refractivity (Wildman–Crippen MR) is 40.2 cm³/mol. The molecule has 0 unspecified atom stereocenters. The van der Waals surface area contributed by atoms with Crippen molar-refractivity contribution in [2.24, 2.45) is 0 Å². The molecule has 1 nitrogen and oxygen atoms in total. The molecular formula is C6H15NSi. The van der Waals surface area contributed by atoms with E-state index in [0.717, 1.165) is 0 Å². The smallest absolute Gasteiger partial charge is 0.0205 e. The van der Waals surface area contributed by atoms with Gasteiger partial charge in [0.2, 0.25) is 0 Å². The highest BCUT2D eigenvalue weighted by atomic mass is 28.1. The zero-order valence-corrected chi connectivity index (χ0v) is 7.69. The van der Waals surface area contributed by atoms with Crippen LogP contribution in [0, 0.1) is 0 Å². The van der Waals surface area contributed by atoms with Crippen LogP contribution in [-0.4, -0.2) is 34.4 Å². The van der Waals surface area contributed by atoms with Gasteiger partial charge in [-0.2, -0.15) is 0 Å². The summed E-state index contributed by atoms with van der Waals surface area (Å²) < 4.78 is 0. The Balaban J connectivity index is 2.13. The van der Waals surface area contributed by atoms with Gasteiger partial charge in [0.05, 0.1) is 0 Å². The van der Waals surface area contributed by atoms with Crippen molar-refractivity contribution < 1.29 is 0 Å². The first-order valence-corrected chi connectivity index (χ1v) is 5.07. The monoisotopic (exact) mass is 129 g/mol. The normalized spacial score (nSPS) is 24.0. The molecule has 1 saturated heterocycles. The van der Waals surface area contributed by atoms with Gasteiger partial charge in [0.1, 0.15) is 0 Å². The predicted octanol–water partition coefficient (Wildman–Crippen LogP) is -0.205. The van der Waals surface area contributed by atoms with Crippen molar-refractivity contribution in [1.82, 2.24) is 4.90 Å². The lowest BCUT2D eigenvalue weighted by molar-refractivity contribution is 0.263. The lowest BCUT2D eigenvalue weighted by Gasteiger charge is -2.24. The average Bonchev–Trinajstić information content (AvgIpc) is 1.90. The minimum Gasteiger partial charge on any atom is -0.307 e. The molecular weight excluding hydrogens is 114 g/mol. The lowest BCUT2D eigenvalue weighted by atomic mass is 10.1. The molecule has 0 aliphatic carbocycles. The first-order chi connectivity index (χ1) is 3.93. The van der Waals surface area contributed by atoms with Crippen LogP contribution in [0.25, 0.3) is 0 Å². The zero-order valence-electron chi connectivity index (χ0n) is 5.69. The fraction of sp³-hybridized carbons (Fsp3) is 1.00. The molecule has 8 heavy (non-hydrogen) atoms. The first-order valence-electron chi connectivity index (χ1n) is 3.66. The van der Waals surface area contributed by atoms with Crippen molar-refractivity contribution in [2.75, 3.05) is 19.3 Å². The highest BCUT2D eigenvalue weighted by molar-refractivity contribution is 6.08. The third kappa shape index (κ3) is 1.60. The summed E-state index contributed by atoms with van der Waals surface area (Å²) in [6.07, 6.45) is 5.75. The maximum absolute atomic E-state index is 2.58. The summed E-state index contributed by atoms with van der Waals surface area (Å²) in [5, 5.41) is 0. The van der Waals surface area contributed by atoms with E-state index in [1.807, 2.05) is 0 Å². The molecule has 1 aliphatic rings. The van der Waals surface area contributed by atoms with Gasteiger partial charge in [-0.15, -0.1) is 0 Å². The Morgan fingerprint density at radius 3 is 2.12 bits per heavy atom. The van der Waals surface area contributed by atoms with E-state index in [9.17, 15) is 0 Å². The summed E-state index contributed by atoms with van der Waals surface area (Å²) >= 11 is 0.